The first kappa shape index (κ1) is 12.3. The topological polar surface area (TPSA) is 86.2 Å². The van der Waals surface area contributed by atoms with Gasteiger partial charge in [0.2, 0.25) is 0 Å². The third kappa shape index (κ3) is 3.13. The second kappa shape index (κ2) is 5.37. The summed E-state index contributed by atoms with van der Waals surface area (Å²) in [4.78, 5) is 10.6. The number of rotatable bonds is 5. The molecule has 0 aliphatic rings. The first-order chi connectivity index (χ1) is 7.56. The van der Waals surface area contributed by atoms with E-state index in [0.29, 0.717) is 11.5 Å². The Hall–Kier alpha value is -1.75. The standard InChI is InChI=1S/C11H15NO4/c1-15-8-3-7(4-9(6-8)16-2)5-10(12)11(13)14/h3-4,6,10H,5,12H2,1-2H3,(H,13,14)/t10-/m0/s1. The lowest BCUT2D eigenvalue weighted by atomic mass is 10.1. The lowest BCUT2D eigenvalue weighted by Gasteiger charge is -2.11. The van der Waals surface area contributed by atoms with Gasteiger partial charge in [0.15, 0.2) is 0 Å². The molecule has 0 amide bonds. The molecule has 0 spiro atoms. The fraction of sp³-hybridized carbons (Fsp3) is 0.364. The Morgan fingerprint density at radius 3 is 2.19 bits per heavy atom. The van der Waals surface area contributed by atoms with Crippen molar-refractivity contribution in [2.45, 2.75) is 12.5 Å². The van der Waals surface area contributed by atoms with E-state index in [2.05, 4.69) is 5.73 Å². The number of ether oxygens (including phenoxy) is 2. The molecule has 1 aromatic carbocycles. The Morgan fingerprint density at radius 2 is 1.81 bits per heavy atom. The van der Waals surface area contributed by atoms with Crippen LogP contribution >= 0.6 is 0 Å². The summed E-state index contributed by atoms with van der Waals surface area (Å²) in [6.07, 6.45) is 0.288. The zero-order valence-corrected chi connectivity index (χ0v) is 9.36. The molecular formula is C11H15NO4. The molecular weight excluding hydrogens is 210 g/mol. The summed E-state index contributed by atoms with van der Waals surface area (Å²) in [6, 6.07) is 4.45. The van der Waals surface area contributed by atoms with E-state index in [1.54, 1.807) is 32.4 Å². The van der Waals surface area contributed by atoms with Crippen molar-refractivity contribution < 1.29 is 25.1 Å². The lowest BCUT2D eigenvalue weighted by Crippen LogP contribution is -2.69. The van der Waals surface area contributed by atoms with E-state index in [9.17, 15) is 9.90 Å². The number of carboxylic acid groups (broad SMARTS) is 1. The summed E-state index contributed by atoms with van der Waals surface area (Å²) in [7, 11) is 3.08. The van der Waals surface area contributed by atoms with Crippen LogP contribution in [0.4, 0.5) is 0 Å². The molecule has 0 saturated heterocycles. The first-order valence-corrected chi connectivity index (χ1v) is 4.82. The van der Waals surface area contributed by atoms with Gasteiger partial charge in [-0.05, 0) is 17.7 Å². The van der Waals surface area contributed by atoms with E-state index in [1.807, 2.05) is 0 Å². The third-order valence-electron chi connectivity index (χ3n) is 2.23. The minimum Gasteiger partial charge on any atom is -0.544 e. The van der Waals surface area contributed by atoms with Crippen molar-refractivity contribution in [2.75, 3.05) is 14.2 Å². The highest BCUT2D eigenvalue weighted by Crippen LogP contribution is 2.22. The molecule has 3 N–H and O–H groups in total. The molecule has 0 saturated carbocycles. The Bertz CT molecular complexity index is 356. The van der Waals surface area contributed by atoms with E-state index < -0.39 is 12.0 Å². The van der Waals surface area contributed by atoms with Gasteiger partial charge in [-0.25, -0.2) is 0 Å². The van der Waals surface area contributed by atoms with Crippen molar-refractivity contribution in [3.8, 4) is 11.5 Å². The number of hydrogen-bond donors (Lipinski definition) is 1. The van der Waals surface area contributed by atoms with Crippen molar-refractivity contribution in [1.82, 2.24) is 0 Å². The van der Waals surface area contributed by atoms with Crippen LogP contribution in [0.15, 0.2) is 18.2 Å². The van der Waals surface area contributed by atoms with Crippen LogP contribution in [-0.2, 0) is 11.2 Å². The molecule has 0 fully saturated rings. The van der Waals surface area contributed by atoms with Crippen molar-refractivity contribution in [2.24, 2.45) is 0 Å². The van der Waals surface area contributed by atoms with Gasteiger partial charge in [-0.15, -0.1) is 0 Å². The fourth-order valence-corrected chi connectivity index (χ4v) is 1.35. The number of quaternary nitrogens is 1. The predicted molar refractivity (Wildman–Crippen MR) is 54.9 cm³/mol. The molecule has 0 radical (unpaired) electrons. The highest BCUT2D eigenvalue weighted by molar-refractivity contribution is 5.69. The Kier molecular flexibility index (Phi) is 4.13. The minimum absolute atomic E-state index is 0.288. The van der Waals surface area contributed by atoms with Gasteiger partial charge in [-0.2, -0.15) is 0 Å². The lowest BCUT2D eigenvalue weighted by molar-refractivity contribution is -0.437. The first-order valence-electron chi connectivity index (χ1n) is 4.82. The van der Waals surface area contributed by atoms with Gasteiger partial charge in [0.05, 0.1) is 20.2 Å². The Morgan fingerprint density at radius 1 is 1.31 bits per heavy atom. The van der Waals surface area contributed by atoms with E-state index >= 15 is 0 Å². The maximum atomic E-state index is 10.6. The van der Waals surface area contributed by atoms with E-state index in [0.717, 1.165) is 5.56 Å². The monoisotopic (exact) mass is 225 g/mol. The smallest absolute Gasteiger partial charge is 0.129 e. The van der Waals surface area contributed by atoms with E-state index in [4.69, 9.17) is 9.47 Å². The molecule has 0 heterocycles. The van der Waals surface area contributed by atoms with Gasteiger partial charge in [-0.3, -0.25) is 0 Å². The van der Waals surface area contributed by atoms with Crippen LogP contribution < -0.4 is 20.3 Å². The van der Waals surface area contributed by atoms with Crippen LogP contribution in [0.1, 0.15) is 5.56 Å². The average Bonchev–Trinajstić information content (AvgIpc) is 2.28. The number of benzene rings is 1. The van der Waals surface area contributed by atoms with Gasteiger partial charge >= 0.3 is 0 Å². The maximum absolute atomic E-state index is 10.6. The molecule has 0 aliphatic carbocycles. The highest BCUT2D eigenvalue weighted by Gasteiger charge is 2.10. The van der Waals surface area contributed by atoms with Crippen molar-refractivity contribution in [3.63, 3.8) is 0 Å². The Labute approximate surface area is 93.8 Å². The van der Waals surface area contributed by atoms with Crippen molar-refractivity contribution >= 4 is 5.97 Å². The van der Waals surface area contributed by atoms with Crippen LogP contribution in [0.5, 0.6) is 11.5 Å². The second-order valence-corrected chi connectivity index (χ2v) is 3.44. The molecule has 1 aromatic rings. The predicted octanol–water partition coefficient (Wildman–Crippen LogP) is -1.39. The van der Waals surface area contributed by atoms with Crippen LogP contribution in [0, 0.1) is 0 Å². The largest absolute Gasteiger partial charge is 0.544 e. The molecule has 1 atom stereocenters. The number of carbonyl (C=O) groups excluding carboxylic acids is 1. The molecule has 16 heavy (non-hydrogen) atoms. The summed E-state index contributed by atoms with van der Waals surface area (Å²) < 4.78 is 10.2. The molecule has 88 valence electrons. The summed E-state index contributed by atoms with van der Waals surface area (Å²) in [5, 5.41) is 10.6. The van der Waals surface area contributed by atoms with Crippen LogP contribution in [0.2, 0.25) is 0 Å². The molecule has 0 aromatic heterocycles. The molecule has 0 aliphatic heterocycles. The minimum atomic E-state index is -1.17. The van der Waals surface area contributed by atoms with Crippen LogP contribution in [0.3, 0.4) is 0 Å². The van der Waals surface area contributed by atoms with Gasteiger partial charge in [0, 0.05) is 12.5 Å². The maximum Gasteiger partial charge on any atom is 0.129 e. The van der Waals surface area contributed by atoms with Gasteiger partial charge in [0.25, 0.3) is 0 Å². The Balaban J connectivity index is 2.90. The molecule has 0 bridgehead atoms. The van der Waals surface area contributed by atoms with Crippen LogP contribution in [0.25, 0.3) is 0 Å². The zero-order chi connectivity index (χ0) is 12.1. The summed E-state index contributed by atoms with van der Waals surface area (Å²) in [5.41, 5.74) is 4.29. The van der Waals surface area contributed by atoms with Crippen molar-refractivity contribution in [3.05, 3.63) is 23.8 Å². The average molecular weight is 225 g/mol. The summed E-state index contributed by atoms with van der Waals surface area (Å²) in [5.74, 6) is 0.0848. The normalized spacial score (nSPS) is 11.9. The van der Waals surface area contributed by atoms with Gasteiger partial charge in [-0.1, -0.05) is 0 Å². The SMILES string of the molecule is COc1cc(C[C@H]([NH3+])C(=O)[O-])cc(OC)c1. The second-order valence-electron chi connectivity index (χ2n) is 3.44. The fourth-order valence-electron chi connectivity index (χ4n) is 1.35. The molecule has 5 heteroatoms. The van der Waals surface area contributed by atoms with Gasteiger partial charge < -0.3 is 25.1 Å². The number of carboxylic acids is 1. The molecule has 5 nitrogen and oxygen atoms in total. The zero-order valence-electron chi connectivity index (χ0n) is 9.36. The van der Waals surface area contributed by atoms with E-state index in [-0.39, 0.29) is 6.42 Å². The van der Waals surface area contributed by atoms with E-state index in [1.165, 1.54) is 0 Å². The summed E-state index contributed by atoms with van der Waals surface area (Å²) >= 11 is 0. The number of aliphatic carboxylic acids is 1. The summed E-state index contributed by atoms with van der Waals surface area (Å²) in [6.45, 7) is 0. The molecule has 0 unspecified atom stereocenters. The number of methoxy groups -OCH3 is 2. The van der Waals surface area contributed by atoms with Crippen LogP contribution in [-0.4, -0.2) is 26.2 Å². The van der Waals surface area contributed by atoms with Crippen molar-refractivity contribution in [1.29, 1.82) is 0 Å². The van der Waals surface area contributed by atoms with Gasteiger partial charge in [0.1, 0.15) is 17.5 Å². The molecule has 1 rings (SSSR count). The number of carbonyl (C=O) groups is 1. The quantitative estimate of drug-likeness (QED) is 0.668. The number of hydrogen-bond acceptors (Lipinski definition) is 4. The highest BCUT2D eigenvalue weighted by atomic mass is 16.5. The third-order valence-corrected chi connectivity index (χ3v) is 2.23.